The Hall–Kier alpha value is -2.53. The third-order valence-corrected chi connectivity index (χ3v) is 3.07. The lowest BCUT2D eigenvalue weighted by Gasteiger charge is -1.98. The van der Waals surface area contributed by atoms with Crippen molar-refractivity contribution in [2.45, 2.75) is 12.1 Å². The third-order valence-electron chi connectivity index (χ3n) is 2.25. The van der Waals surface area contributed by atoms with E-state index in [1.54, 1.807) is 18.2 Å². The predicted molar refractivity (Wildman–Crippen MR) is 70.2 cm³/mol. The number of thioether (sulfide) groups is 1. The molecule has 2 rings (SSSR count). The number of aromatic nitrogens is 2. The highest BCUT2D eigenvalue weighted by atomic mass is 32.2. The highest BCUT2D eigenvalue weighted by molar-refractivity contribution is 7.99. The molecule has 0 unspecified atom stereocenters. The monoisotopic (exact) mass is 290 g/mol. The van der Waals surface area contributed by atoms with Gasteiger partial charge in [-0.1, -0.05) is 11.8 Å². The number of ketones is 1. The van der Waals surface area contributed by atoms with Crippen LogP contribution in [-0.2, 0) is 4.79 Å². The second-order valence-electron chi connectivity index (χ2n) is 3.73. The molecule has 7 nitrogen and oxygen atoms in total. The van der Waals surface area contributed by atoms with Gasteiger partial charge in [0.15, 0.2) is 11.5 Å². The largest absolute Gasteiger partial charge is 0.459 e. The van der Waals surface area contributed by atoms with Gasteiger partial charge >= 0.3 is 0 Å². The van der Waals surface area contributed by atoms with Crippen molar-refractivity contribution in [3.05, 3.63) is 29.7 Å². The number of allylic oxidation sites excluding steroid dienone is 2. The molecule has 2 aromatic rings. The van der Waals surface area contributed by atoms with E-state index in [4.69, 9.17) is 19.8 Å². The number of hydrogen-bond acceptors (Lipinski definition) is 8. The molecule has 8 heteroatoms. The van der Waals surface area contributed by atoms with Crippen molar-refractivity contribution in [2.24, 2.45) is 5.73 Å². The van der Waals surface area contributed by atoms with Gasteiger partial charge in [0, 0.05) is 5.70 Å². The van der Waals surface area contributed by atoms with Crippen molar-refractivity contribution in [3.8, 4) is 17.7 Å². The number of nitrogens with zero attached hydrogens (tertiary/aromatic N) is 3. The first-order valence-electron chi connectivity index (χ1n) is 5.51. The van der Waals surface area contributed by atoms with Crippen molar-refractivity contribution in [3.63, 3.8) is 0 Å². The summed E-state index contributed by atoms with van der Waals surface area (Å²) in [6, 6.07) is 5.16. The van der Waals surface area contributed by atoms with Crippen LogP contribution in [0.4, 0.5) is 0 Å². The molecule has 0 aliphatic heterocycles. The summed E-state index contributed by atoms with van der Waals surface area (Å²) in [5, 5.41) is 16.6. The minimum Gasteiger partial charge on any atom is -0.459 e. The number of rotatable bonds is 5. The summed E-state index contributed by atoms with van der Waals surface area (Å²) in [7, 11) is 0. The van der Waals surface area contributed by atoms with Crippen LogP contribution in [0.3, 0.4) is 0 Å². The summed E-state index contributed by atoms with van der Waals surface area (Å²) < 4.78 is 10.4. The molecule has 0 saturated carbocycles. The highest BCUT2D eigenvalue weighted by Crippen LogP contribution is 2.23. The van der Waals surface area contributed by atoms with Gasteiger partial charge in [-0.15, -0.1) is 10.2 Å². The Labute approximate surface area is 118 Å². The highest BCUT2D eigenvalue weighted by Gasteiger charge is 2.15. The second kappa shape index (κ2) is 6.08. The van der Waals surface area contributed by atoms with Crippen LogP contribution in [0.2, 0.25) is 0 Å². The Balaban J connectivity index is 2.01. The van der Waals surface area contributed by atoms with Crippen LogP contribution in [0.15, 0.2) is 43.7 Å². The number of Topliss-reactive ketones (excluding diaryl/α,β-unsaturated/α-hetero) is 1. The molecular weight excluding hydrogens is 280 g/mol. The van der Waals surface area contributed by atoms with Crippen LogP contribution in [0.1, 0.15) is 6.92 Å². The topological polar surface area (TPSA) is 119 Å². The van der Waals surface area contributed by atoms with E-state index in [1.165, 1.54) is 13.2 Å². The average Bonchev–Trinajstić information content (AvgIpc) is 3.07. The van der Waals surface area contributed by atoms with Crippen LogP contribution in [0.25, 0.3) is 11.7 Å². The molecule has 0 aliphatic rings. The van der Waals surface area contributed by atoms with E-state index in [1.807, 2.05) is 0 Å². The molecule has 0 spiro atoms. The van der Waals surface area contributed by atoms with E-state index in [0.717, 1.165) is 11.8 Å². The first-order valence-corrected chi connectivity index (χ1v) is 6.50. The Morgan fingerprint density at radius 2 is 2.35 bits per heavy atom. The van der Waals surface area contributed by atoms with E-state index in [-0.39, 0.29) is 33.9 Å². The molecule has 0 bridgehead atoms. The standard InChI is InChI=1S/C12H10N4O3S/c1-7(14)8(5-13)9(17)6-20-12-16-15-11(19-12)10-3-2-4-18-10/h2-4H,6,14H2,1H3/b8-7+. The molecule has 0 atom stereocenters. The third kappa shape index (κ3) is 3.07. The molecule has 0 aliphatic carbocycles. The number of carbonyl (C=O) groups excluding carboxylic acids is 1. The Kier molecular flexibility index (Phi) is 4.22. The number of hydrogen-bond donors (Lipinski definition) is 1. The van der Waals surface area contributed by atoms with Crippen LogP contribution in [0.5, 0.6) is 0 Å². The van der Waals surface area contributed by atoms with E-state index in [2.05, 4.69) is 10.2 Å². The maximum absolute atomic E-state index is 11.7. The molecule has 2 aromatic heterocycles. The summed E-state index contributed by atoms with van der Waals surface area (Å²) >= 11 is 1.04. The zero-order chi connectivity index (χ0) is 14.5. The van der Waals surface area contributed by atoms with Crippen molar-refractivity contribution < 1.29 is 13.6 Å². The molecule has 2 N–H and O–H groups in total. The Bertz CT molecular complexity index is 678. The minimum atomic E-state index is -0.379. The summed E-state index contributed by atoms with van der Waals surface area (Å²) in [5.41, 5.74) is 5.59. The lowest BCUT2D eigenvalue weighted by molar-refractivity contribution is -0.112. The van der Waals surface area contributed by atoms with Gasteiger partial charge in [0.1, 0.15) is 11.6 Å². The van der Waals surface area contributed by atoms with Crippen molar-refractivity contribution >= 4 is 17.5 Å². The smallest absolute Gasteiger partial charge is 0.284 e. The van der Waals surface area contributed by atoms with Gasteiger partial charge in [-0.3, -0.25) is 4.79 Å². The lowest BCUT2D eigenvalue weighted by Crippen LogP contribution is -2.10. The maximum Gasteiger partial charge on any atom is 0.284 e. The number of nitriles is 1. The van der Waals surface area contributed by atoms with Gasteiger partial charge in [0.2, 0.25) is 0 Å². The molecule has 0 aromatic carbocycles. The fourth-order valence-corrected chi connectivity index (χ4v) is 1.97. The first kappa shape index (κ1) is 13.9. The average molecular weight is 290 g/mol. The molecular formula is C12H10N4O3S. The Morgan fingerprint density at radius 1 is 1.55 bits per heavy atom. The van der Waals surface area contributed by atoms with E-state index in [9.17, 15) is 4.79 Å². The van der Waals surface area contributed by atoms with E-state index >= 15 is 0 Å². The lowest BCUT2D eigenvalue weighted by atomic mass is 10.2. The number of nitrogens with two attached hydrogens (primary N) is 1. The molecule has 2 heterocycles. The van der Waals surface area contributed by atoms with Crippen LogP contribution < -0.4 is 5.73 Å². The molecule has 0 saturated heterocycles. The van der Waals surface area contributed by atoms with Gasteiger partial charge < -0.3 is 14.6 Å². The van der Waals surface area contributed by atoms with Gasteiger partial charge in [0.25, 0.3) is 11.1 Å². The zero-order valence-corrected chi connectivity index (χ0v) is 11.3. The van der Waals surface area contributed by atoms with E-state index < -0.39 is 0 Å². The Morgan fingerprint density at radius 3 is 2.95 bits per heavy atom. The maximum atomic E-state index is 11.7. The van der Waals surface area contributed by atoms with Crippen molar-refractivity contribution in [1.29, 1.82) is 5.26 Å². The summed E-state index contributed by atoms with van der Waals surface area (Å²) in [6.45, 7) is 1.50. The summed E-state index contributed by atoms with van der Waals surface area (Å²) in [6.07, 6.45) is 1.49. The minimum absolute atomic E-state index is 0.00276. The zero-order valence-electron chi connectivity index (χ0n) is 10.5. The van der Waals surface area contributed by atoms with Crippen molar-refractivity contribution in [2.75, 3.05) is 5.75 Å². The van der Waals surface area contributed by atoms with Crippen LogP contribution in [0, 0.1) is 11.3 Å². The van der Waals surface area contributed by atoms with Gasteiger partial charge in [-0.25, -0.2) is 0 Å². The molecule has 0 radical (unpaired) electrons. The SMILES string of the molecule is C/C(N)=C(/C#N)C(=O)CSc1nnc(-c2ccco2)o1. The van der Waals surface area contributed by atoms with Gasteiger partial charge in [-0.05, 0) is 19.1 Å². The van der Waals surface area contributed by atoms with Gasteiger partial charge in [0.05, 0.1) is 12.0 Å². The van der Waals surface area contributed by atoms with Crippen molar-refractivity contribution in [1.82, 2.24) is 10.2 Å². The fourth-order valence-electron chi connectivity index (χ4n) is 1.34. The van der Waals surface area contributed by atoms with E-state index in [0.29, 0.717) is 5.76 Å². The summed E-state index contributed by atoms with van der Waals surface area (Å²) in [5.74, 6) is 0.300. The quantitative estimate of drug-likeness (QED) is 0.502. The normalized spacial score (nSPS) is 11.8. The number of carbonyl (C=O) groups is 1. The number of furan rings is 1. The molecule has 0 fully saturated rings. The molecule has 0 amide bonds. The fraction of sp³-hybridized carbons (Fsp3) is 0.167. The van der Waals surface area contributed by atoms with Gasteiger partial charge in [-0.2, -0.15) is 5.26 Å². The molecule has 20 heavy (non-hydrogen) atoms. The first-order chi connectivity index (χ1) is 9.61. The second-order valence-corrected chi connectivity index (χ2v) is 4.66. The van der Waals surface area contributed by atoms with Crippen LogP contribution >= 0.6 is 11.8 Å². The summed E-state index contributed by atoms with van der Waals surface area (Å²) in [4.78, 5) is 11.7. The molecule has 102 valence electrons. The van der Waals surface area contributed by atoms with Crippen LogP contribution in [-0.4, -0.2) is 21.7 Å². The predicted octanol–water partition coefficient (Wildman–Crippen LogP) is 1.75.